The highest BCUT2D eigenvalue weighted by Gasteiger charge is 2.26. The highest BCUT2D eigenvalue weighted by molar-refractivity contribution is 6.30. The van der Waals surface area contributed by atoms with Gasteiger partial charge in [0, 0.05) is 28.6 Å². The number of fused-ring (bicyclic) bond motifs is 2. The molecule has 4 rings (SSSR count). The number of carbonyl (C=O) groups excluding carboxylic acids is 1. The molecular weight excluding hydrogens is 306 g/mol. The third kappa shape index (κ3) is 2.47. The van der Waals surface area contributed by atoms with Gasteiger partial charge in [-0.2, -0.15) is 0 Å². The van der Waals surface area contributed by atoms with Gasteiger partial charge >= 0.3 is 0 Å². The van der Waals surface area contributed by atoms with Gasteiger partial charge in [0.1, 0.15) is 0 Å². The Kier molecular flexibility index (Phi) is 3.50. The van der Waals surface area contributed by atoms with Crippen molar-refractivity contribution < 1.29 is 4.79 Å². The van der Waals surface area contributed by atoms with Crippen molar-refractivity contribution in [2.24, 2.45) is 0 Å². The van der Waals surface area contributed by atoms with Crippen LogP contribution in [0.25, 0.3) is 10.9 Å². The Bertz CT molecular complexity index is 909. The van der Waals surface area contributed by atoms with Crippen molar-refractivity contribution in [1.29, 1.82) is 0 Å². The average molecular weight is 324 g/mol. The number of H-pyrrole nitrogens is 1. The van der Waals surface area contributed by atoms with Gasteiger partial charge in [0.2, 0.25) is 0 Å². The fourth-order valence-electron chi connectivity index (χ4n) is 3.75. The van der Waals surface area contributed by atoms with Gasteiger partial charge in [0.25, 0.3) is 0 Å². The van der Waals surface area contributed by atoms with Crippen LogP contribution in [0.2, 0.25) is 5.02 Å². The minimum atomic E-state index is 0.213. The van der Waals surface area contributed by atoms with E-state index in [-0.39, 0.29) is 5.78 Å². The number of halogens is 1. The largest absolute Gasteiger partial charge is 0.361 e. The molecule has 3 aromatic rings. The second kappa shape index (κ2) is 5.54. The first-order valence-corrected chi connectivity index (χ1v) is 8.39. The third-order valence-corrected chi connectivity index (χ3v) is 5.22. The highest BCUT2D eigenvalue weighted by atomic mass is 35.5. The molecule has 1 N–H and O–H groups in total. The monoisotopic (exact) mass is 323 g/mol. The van der Waals surface area contributed by atoms with Crippen LogP contribution in [-0.2, 0) is 6.42 Å². The number of rotatable bonds is 3. The number of aromatic amines is 1. The Hall–Kier alpha value is -2.06. The lowest BCUT2D eigenvalue weighted by molar-refractivity contribution is 0.0975. The molecule has 1 aliphatic rings. The fourth-order valence-corrected chi connectivity index (χ4v) is 3.95. The zero-order valence-electron chi connectivity index (χ0n) is 13.0. The predicted molar refractivity (Wildman–Crippen MR) is 94.5 cm³/mol. The Morgan fingerprint density at radius 1 is 1.26 bits per heavy atom. The van der Waals surface area contributed by atoms with E-state index >= 15 is 0 Å². The summed E-state index contributed by atoms with van der Waals surface area (Å²) in [5.41, 5.74) is 5.54. The van der Waals surface area contributed by atoms with E-state index in [4.69, 9.17) is 11.6 Å². The van der Waals surface area contributed by atoms with Crippen LogP contribution >= 0.6 is 11.6 Å². The summed E-state index contributed by atoms with van der Waals surface area (Å²) in [5, 5.41) is 1.91. The molecule has 0 radical (unpaired) electrons. The van der Waals surface area contributed by atoms with E-state index in [1.54, 1.807) is 0 Å². The van der Waals surface area contributed by atoms with Crippen LogP contribution in [0.3, 0.4) is 0 Å². The summed E-state index contributed by atoms with van der Waals surface area (Å²) in [6.45, 7) is 2.07. The van der Waals surface area contributed by atoms with E-state index in [1.807, 2.05) is 36.5 Å². The lowest BCUT2D eigenvalue weighted by Crippen LogP contribution is -2.06. The van der Waals surface area contributed by atoms with Gasteiger partial charge in [-0.1, -0.05) is 23.7 Å². The van der Waals surface area contributed by atoms with E-state index in [9.17, 15) is 4.79 Å². The first kappa shape index (κ1) is 14.5. The number of Topliss-reactive ketones (excluding diaryl/α,β-unsaturated/α-hetero) is 1. The molecule has 2 aromatic carbocycles. The molecule has 0 spiro atoms. The molecule has 0 saturated carbocycles. The molecule has 0 aliphatic heterocycles. The molecule has 116 valence electrons. The summed E-state index contributed by atoms with van der Waals surface area (Å²) in [6, 6.07) is 12.1. The topological polar surface area (TPSA) is 32.9 Å². The smallest absolute Gasteiger partial charge is 0.165 e. The maximum atomic E-state index is 12.9. The first-order chi connectivity index (χ1) is 11.1. The molecule has 3 heteroatoms. The summed E-state index contributed by atoms with van der Waals surface area (Å²) in [7, 11) is 0. The predicted octanol–water partition coefficient (Wildman–Crippen LogP) is 5.43. The van der Waals surface area contributed by atoms with Crippen molar-refractivity contribution in [1.82, 2.24) is 4.98 Å². The number of aryl methyl sites for hydroxylation is 2. The number of benzene rings is 2. The summed E-state index contributed by atoms with van der Waals surface area (Å²) in [4.78, 5) is 16.1. The van der Waals surface area contributed by atoms with Crippen LogP contribution in [0.15, 0.2) is 42.6 Å². The lowest BCUT2D eigenvalue weighted by atomic mass is 9.92. The highest BCUT2D eigenvalue weighted by Crippen LogP contribution is 2.38. The molecule has 0 unspecified atom stereocenters. The van der Waals surface area contributed by atoms with Gasteiger partial charge in [-0.05, 0) is 66.6 Å². The van der Waals surface area contributed by atoms with Crippen LogP contribution in [-0.4, -0.2) is 10.8 Å². The van der Waals surface area contributed by atoms with Gasteiger partial charge < -0.3 is 4.98 Å². The number of ketones is 1. The molecule has 0 bridgehead atoms. The Morgan fingerprint density at radius 2 is 2.13 bits per heavy atom. The van der Waals surface area contributed by atoms with E-state index in [1.165, 1.54) is 16.7 Å². The quantitative estimate of drug-likeness (QED) is 0.640. The van der Waals surface area contributed by atoms with Crippen LogP contribution in [0.5, 0.6) is 0 Å². The van der Waals surface area contributed by atoms with Gasteiger partial charge in [0.15, 0.2) is 5.78 Å². The number of hydrogen-bond acceptors (Lipinski definition) is 1. The molecule has 1 heterocycles. The van der Waals surface area contributed by atoms with Crippen molar-refractivity contribution in [2.75, 3.05) is 0 Å². The van der Waals surface area contributed by atoms with E-state index in [2.05, 4.69) is 18.0 Å². The first-order valence-electron chi connectivity index (χ1n) is 8.01. The summed E-state index contributed by atoms with van der Waals surface area (Å²) >= 11 is 6.07. The third-order valence-electron chi connectivity index (χ3n) is 4.98. The SMILES string of the molecule is Cc1ccc(C(=O)C[C@@H]2CCc3cc(Cl)ccc32)c2[nH]ccc12. The molecule has 1 aromatic heterocycles. The summed E-state index contributed by atoms with van der Waals surface area (Å²) < 4.78 is 0. The second-order valence-corrected chi connectivity index (χ2v) is 6.84. The van der Waals surface area contributed by atoms with Gasteiger partial charge in [-0.3, -0.25) is 4.79 Å². The number of nitrogens with one attached hydrogen (secondary N) is 1. The molecule has 23 heavy (non-hydrogen) atoms. The summed E-state index contributed by atoms with van der Waals surface area (Å²) in [5.74, 6) is 0.520. The van der Waals surface area contributed by atoms with Crippen molar-refractivity contribution in [3.05, 3.63) is 69.9 Å². The van der Waals surface area contributed by atoms with Crippen LogP contribution in [0, 0.1) is 6.92 Å². The van der Waals surface area contributed by atoms with Crippen molar-refractivity contribution in [3.63, 3.8) is 0 Å². The van der Waals surface area contributed by atoms with E-state index in [0.29, 0.717) is 12.3 Å². The molecule has 1 atom stereocenters. The maximum absolute atomic E-state index is 12.9. The van der Waals surface area contributed by atoms with Crippen molar-refractivity contribution in [3.8, 4) is 0 Å². The Labute approximate surface area is 140 Å². The zero-order valence-corrected chi connectivity index (χ0v) is 13.8. The molecule has 1 aliphatic carbocycles. The molecular formula is C20H18ClNO. The molecule has 0 fully saturated rings. The molecule has 0 saturated heterocycles. The summed E-state index contributed by atoms with van der Waals surface area (Å²) in [6.07, 6.45) is 4.51. The standard InChI is InChI=1S/C20H18ClNO/c1-12-2-6-18(20-16(12)8-9-22-20)19(23)11-14-4-3-13-10-15(21)5-7-17(13)14/h2,5-10,14,22H,3-4,11H2,1H3/t14-/m0/s1. The van der Waals surface area contributed by atoms with E-state index in [0.717, 1.165) is 34.3 Å². The van der Waals surface area contributed by atoms with Crippen LogP contribution < -0.4 is 0 Å². The number of carbonyl (C=O) groups is 1. The van der Waals surface area contributed by atoms with Gasteiger partial charge in [-0.15, -0.1) is 0 Å². The minimum Gasteiger partial charge on any atom is -0.361 e. The Morgan fingerprint density at radius 3 is 3.00 bits per heavy atom. The van der Waals surface area contributed by atoms with Crippen molar-refractivity contribution in [2.45, 2.75) is 32.1 Å². The lowest BCUT2D eigenvalue weighted by Gasteiger charge is -2.12. The normalized spacial score (nSPS) is 16.7. The number of aromatic nitrogens is 1. The molecule has 2 nitrogen and oxygen atoms in total. The molecule has 0 amide bonds. The van der Waals surface area contributed by atoms with Crippen LogP contribution in [0.1, 0.15) is 45.8 Å². The van der Waals surface area contributed by atoms with Crippen LogP contribution in [0.4, 0.5) is 0 Å². The fraction of sp³-hybridized carbons (Fsp3) is 0.250. The average Bonchev–Trinajstić information content (AvgIpc) is 3.15. The second-order valence-electron chi connectivity index (χ2n) is 6.40. The maximum Gasteiger partial charge on any atom is 0.165 e. The van der Waals surface area contributed by atoms with Gasteiger partial charge in [-0.25, -0.2) is 0 Å². The van der Waals surface area contributed by atoms with Crippen molar-refractivity contribution >= 4 is 28.3 Å². The Balaban J connectivity index is 1.64. The zero-order chi connectivity index (χ0) is 16.0. The minimum absolute atomic E-state index is 0.213. The van der Waals surface area contributed by atoms with E-state index < -0.39 is 0 Å². The number of hydrogen-bond donors (Lipinski definition) is 1. The van der Waals surface area contributed by atoms with Gasteiger partial charge in [0.05, 0.1) is 5.52 Å².